The van der Waals surface area contributed by atoms with Crippen molar-refractivity contribution in [1.82, 2.24) is 10.1 Å². The predicted octanol–water partition coefficient (Wildman–Crippen LogP) is 3.86. The molecule has 1 heterocycles. The monoisotopic (exact) mass is 312 g/mol. The number of hydrogen-bond acceptors (Lipinski definition) is 4. The van der Waals surface area contributed by atoms with Crippen LogP contribution in [0, 0.1) is 19.7 Å². The number of carboxylic acid groups (broad SMARTS) is 1. The Balaban J connectivity index is 2.10. The molecule has 3 aromatic rings. The van der Waals surface area contributed by atoms with Crippen LogP contribution in [0.15, 0.2) is 40.9 Å². The summed E-state index contributed by atoms with van der Waals surface area (Å²) < 4.78 is 18.9. The highest BCUT2D eigenvalue weighted by Gasteiger charge is 2.19. The van der Waals surface area contributed by atoms with Gasteiger partial charge in [-0.15, -0.1) is 0 Å². The second kappa shape index (κ2) is 5.64. The van der Waals surface area contributed by atoms with Crippen molar-refractivity contribution in [3.63, 3.8) is 0 Å². The second-order valence-corrected chi connectivity index (χ2v) is 5.14. The van der Waals surface area contributed by atoms with Crippen LogP contribution in [0.3, 0.4) is 0 Å². The van der Waals surface area contributed by atoms with Gasteiger partial charge >= 0.3 is 5.97 Å². The third kappa shape index (κ3) is 2.59. The number of rotatable bonds is 3. The maximum absolute atomic E-state index is 13.8. The van der Waals surface area contributed by atoms with Crippen LogP contribution in [0.1, 0.15) is 21.5 Å². The highest BCUT2D eigenvalue weighted by atomic mass is 19.1. The number of halogens is 1. The third-order valence-corrected chi connectivity index (χ3v) is 3.66. The molecule has 0 aliphatic heterocycles. The van der Waals surface area contributed by atoms with Crippen LogP contribution in [0.5, 0.6) is 0 Å². The fourth-order valence-electron chi connectivity index (χ4n) is 2.50. The van der Waals surface area contributed by atoms with Crippen LogP contribution in [-0.4, -0.2) is 21.2 Å². The molecule has 5 nitrogen and oxygen atoms in total. The summed E-state index contributed by atoms with van der Waals surface area (Å²) >= 11 is 0. The Bertz CT molecular complexity index is 903. The van der Waals surface area contributed by atoms with E-state index in [9.17, 15) is 14.3 Å². The van der Waals surface area contributed by atoms with E-state index in [0.717, 1.165) is 0 Å². The van der Waals surface area contributed by atoms with Gasteiger partial charge in [-0.25, -0.2) is 9.18 Å². The Kier molecular flexibility index (Phi) is 3.65. The number of aryl methyl sites for hydroxylation is 1. The van der Waals surface area contributed by atoms with Gasteiger partial charge in [0, 0.05) is 5.56 Å². The minimum atomic E-state index is -1.01. The molecule has 0 saturated carbocycles. The minimum absolute atomic E-state index is 0.0509. The molecule has 0 fully saturated rings. The van der Waals surface area contributed by atoms with Crippen LogP contribution in [-0.2, 0) is 0 Å². The van der Waals surface area contributed by atoms with Crippen LogP contribution in [0.4, 0.5) is 4.39 Å². The third-order valence-electron chi connectivity index (χ3n) is 3.66. The summed E-state index contributed by atoms with van der Waals surface area (Å²) in [4.78, 5) is 15.6. The van der Waals surface area contributed by atoms with Crippen LogP contribution >= 0.6 is 0 Å². The Morgan fingerprint density at radius 1 is 1.13 bits per heavy atom. The van der Waals surface area contributed by atoms with Gasteiger partial charge in [0.25, 0.3) is 5.89 Å². The molecule has 116 valence electrons. The Morgan fingerprint density at radius 2 is 1.87 bits per heavy atom. The lowest BCUT2D eigenvalue weighted by molar-refractivity contribution is 0.0695. The van der Waals surface area contributed by atoms with Crippen molar-refractivity contribution >= 4 is 5.97 Å². The lowest BCUT2D eigenvalue weighted by Crippen LogP contribution is -2.04. The lowest BCUT2D eigenvalue weighted by atomic mass is 9.97. The molecule has 0 aliphatic rings. The zero-order chi connectivity index (χ0) is 16.6. The van der Waals surface area contributed by atoms with Gasteiger partial charge in [-0.1, -0.05) is 29.4 Å². The molecule has 0 atom stereocenters. The van der Waals surface area contributed by atoms with Crippen molar-refractivity contribution in [3.8, 4) is 22.8 Å². The van der Waals surface area contributed by atoms with Gasteiger partial charge in [0.05, 0.1) is 11.1 Å². The van der Waals surface area contributed by atoms with Gasteiger partial charge in [-0.3, -0.25) is 0 Å². The fourth-order valence-corrected chi connectivity index (χ4v) is 2.50. The van der Waals surface area contributed by atoms with E-state index in [-0.39, 0.29) is 22.8 Å². The number of hydrogen-bond donors (Lipinski definition) is 1. The second-order valence-electron chi connectivity index (χ2n) is 5.14. The normalized spacial score (nSPS) is 10.7. The molecular formula is C17H13FN2O3. The van der Waals surface area contributed by atoms with E-state index in [1.807, 2.05) is 0 Å². The van der Waals surface area contributed by atoms with E-state index in [1.165, 1.54) is 12.1 Å². The highest BCUT2D eigenvalue weighted by Crippen LogP contribution is 2.28. The fraction of sp³-hybridized carbons (Fsp3) is 0.118. The SMILES string of the molecule is Cc1ccc(-c2noc(-c3ccccc3F)n2)c(C)c1C(=O)O. The van der Waals surface area contributed by atoms with Gasteiger partial charge in [0.2, 0.25) is 5.82 Å². The Labute approximate surface area is 131 Å². The molecule has 23 heavy (non-hydrogen) atoms. The summed E-state index contributed by atoms with van der Waals surface area (Å²) in [5, 5.41) is 13.2. The van der Waals surface area contributed by atoms with E-state index < -0.39 is 11.8 Å². The van der Waals surface area contributed by atoms with E-state index in [2.05, 4.69) is 10.1 Å². The molecule has 0 aliphatic carbocycles. The molecule has 0 unspecified atom stereocenters. The van der Waals surface area contributed by atoms with Gasteiger partial charge in [-0.05, 0) is 37.1 Å². The molecule has 0 bridgehead atoms. The first-order valence-electron chi connectivity index (χ1n) is 6.91. The highest BCUT2D eigenvalue weighted by molar-refractivity contribution is 5.93. The van der Waals surface area contributed by atoms with Crippen molar-refractivity contribution in [2.75, 3.05) is 0 Å². The summed E-state index contributed by atoms with van der Waals surface area (Å²) in [6, 6.07) is 9.50. The number of aromatic nitrogens is 2. The molecule has 3 rings (SSSR count). The summed E-state index contributed by atoms with van der Waals surface area (Å²) in [7, 11) is 0. The molecule has 1 N–H and O–H groups in total. The predicted molar refractivity (Wildman–Crippen MR) is 81.6 cm³/mol. The Hall–Kier alpha value is -3.02. The summed E-state index contributed by atoms with van der Waals surface area (Å²) in [5.41, 5.74) is 2.14. The van der Waals surface area contributed by atoms with E-state index in [4.69, 9.17) is 4.52 Å². The zero-order valence-corrected chi connectivity index (χ0v) is 12.5. The number of benzene rings is 2. The largest absolute Gasteiger partial charge is 0.478 e. The number of carboxylic acids is 1. The Morgan fingerprint density at radius 3 is 2.57 bits per heavy atom. The maximum Gasteiger partial charge on any atom is 0.336 e. The van der Waals surface area contributed by atoms with Crippen LogP contribution in [0.25, 0.3) is 22.8 Å². The first-order chi connectivity index (χ1) is 11.0. The van der Waals surface area contributed by atoms with Gasteiger partial charge in [0.1, 0.15) is 5.82 Å². The summed E-state index contributed by atoms with van der Waals surface area (Å²) in [6.07, 6.45) is 0. The number of aromatic carboxylic acids is 1. The molecule has 1 aromatic heterocycles. The molecule has 2 aromatic carbocycles. The average molecular weight is 312 g/mol. The first-order valence-corrected chi connectivity index (χ1v) is 6.91. The van der Waals surface area contributed by atoms with E-state index in [0.29, 0.717) is 16.7 Å². The van der Waals surface area contributed by atoms with Crippen molar-refractivity contribution in [2.45, 2.75) is 13.8 Å². The zero-order valence-electron chi connectivity index (χ0n) is 12.5. The number of carbonyl (C=O) groups is 1. The summed E-state index contributed by atoms with van der Waals surface area (Å²) in [5.74, 6) is -1.20. The van der Waals surface area contributed by atoms with Crippen LogP contribution < -0.4 is 0 Å². The first kappa shape index (κ1) is 14.9. The lowest BCUT2D eigenvalue weighted by Gasteiger charge is -2.08. The summed E-state index contributed by atoms with van der Waals surface area (Å²) in [6.45, 7) is 3.41. The molecule has 0 saturated heterocycles. The smallest absolute Gasteiger partial charge is 0.336 e. The van der Waals surface area contributed by atoms with Crippen molar-refractivity contribution in [1.29, 1.82) is 0 Å². The minimum Gasteiger partial charge on any atom is -0.478 e. The maximum atomic E-state index is 13.8. The van der Waals surface area contributed by atoms with E-state index in [1.54, 1.807) is 38.1 Å². The molecule has 6 heteroatoms. The van der Waals surface area contributed by atoms with Crippen molar-refractivity contribution < 1.29 is 18.8 Å². The van der Waals surface area contributed by atoms with Crippen LogP contribution in [0.2, 0.25) is 0 Å². The van der Waals surface area contributed by atoms with Crippen molar-refractivity contribution in [3.05, 3.63) is 58.9 Å². The van der Waals surface area contributed by atoms with E-state index >= 15 is 0 Å². The average Bonchev–Trinajstić information content (AvgIpc) is 2.97. The molecule has 0 spiro atoms. The molecule has 0 radical (unpaired) electrons. The number of nitrogens with zero attached hydrogens (tertiary/aromatic N) is 2. The molecular weight excluding hydrogens is 299 g/mol. The molecule has 0 amide bonds. The quantitative estimate of drug-likeness (QED) is 0.794. The van der Waals surface area contributed by atoms with Gasteiger partial charge in [-0.2, -0.15) is 4.98 Å². The van der Waals surface area contributed by atoms with Gasteiger partial charge in [0.15, 0.2) is 0 Å². The van der Waals surface area contributed by atoms with Crippen molar-refractivity contribution in [2.24, 2.45) is 0 Å². The van der Waals surface area contributed by atoms with Gasteiger partial charge < -0.3 is 9.63 Å². The standard InChI is InChI=1S/C17H13FN2O3/c1-9-7-8-11(10(2)14(9)17(21)22)15-19-16(23-20-15)12-5-3-4-6-13(12)18/h3-8H,1-2H3,(H,21,22). The topological polar surface area (TPSA) is 76.2 Å².